The van der Waals surface area contributed by atoms with Crippen molar-refractivity contribution >= 4 is 12.1 Å². The van der Waals surface area contributed by atoms with Gasteiger partial charge in [0.2, 0.25) is 0 Å². The van der Waals surface area contributed by atoms with Crippen LogP contribution in [0.25, 0.3) is 0 Å². The van der Waals surface area contributed by atoms with Crippen molar-refractivity contribution in [2.45, 2.75) is 18.4 Å². The average molecular weight is 243 g/mol. The SMILES string of the molecule is C=CCOC(=O)N(C)C1(CC(=O)O)CCOC1. The molecule has 1 atom stereocenters. The first-order valence-electron chi connectivity index (χ1n) is 5.33. The van der Waals surface area contributed by atoms with Crippen LogP contribution < -0.4 is 0 Å². The third-order valence-corrected chi connectivity index (χ3v) is 2.87. The molecule has 1 rings (SSSR count). The van der Waals surface area contributed by atoms with E-state index in [0.717, 1.165) is 0 Å². The Kier molecular flexibility index (Phi) is 4.51. The highest BCUT2D eigenvalue weighted by molar-refractivity contribution is 5.73. The van der Waals surface area contributed by atoms with Gasteiger partial charge < -0.3 is 19.5 Å². The molecule has 0 spiro atoms. The molecule has 6 nitrogen and oxygen atoms in total. The average Bonchev–Trinajstić information content (AvgIpc) is 2.73. The van der Waals surface area contributed by atoms with E-state index in [9.17, 15) is 9.59 Å². The predicted molar refractivity (Wildman–Crippen MR) is 59.7 cm³/mol. The van der Waals surface area contributed by atoms with Crippen LogP contribution in [0.4, 0.5) is 4.79 Å². The predicted octanol–water partition coefficient (Wildman–Crippen LogP) is 0.875. The summed E-state index contributed by atoms with van der Waals surface area (Å²) in [5, 5.41) is 8.90. The van der Waals surface area contributed by atoms with Crippen molar-refractivity contribution in [3.05, 3.63) is 12.7 Å². The van der Waals surface area contributed by atoms with Crippen LogP contribution in [0.1, 0.15) is 12.8 Å². The molecule has 0 aromatic heterocycles. The zero-order chi connectivity index (χ0) is 12.9. The molecule has 1 N–H and O–H groups in total. The van der Waals surface area contributed by atoms with E-state index in [2.05, 4.69) is 6.58 Å². The Balaban J connectivity index is 2.72. The molecule has 0 aromatic carbocycles. The molecule has 1 unspecified atom stereocenters. The van der Waals surface area contributed by atoms with E-state index in [0.29, 0.717) is 13.0 Å². The van der Waals surface area contributed by atoms with Crippen molar-refractivity contribution in [2.24, 2.45) is 0 Å². The number of amides is 1. The summed E-state index contributed by atoms with van der Waals surface area (Å²) < 4.78 is 10.1. The normalized spacial score (nSPS) is 23.1. The second-order valence-electron chi connectivity index (χ2n) is 4.02. The molecule has 17 heavy (non-hydrogen) atoms. The number of hydrogen-bond donors (Lipinski definition) is 1. The molecule has 1 aliphatic heterocycles. The number of carbonyl (C=O) groups is 2. The molecular formula is C11H17NO5. The van der Waals surface area contributed by atoms with E-state index in [1.165, 1.54) is 18.0 Å². The highest BCUT2D eigenvalue weighted by Crippen LogP contribution is 2.29. The Morgan fingerprint density at radius 1 is 1.65 bits per heavy atom. The van der Waals surface area contributed by atoms with Gasteiger partial charge in [-0.05, 0) is 6.42 Å². The summed E-state index contributed by atoms with van der Waals surface area (Å²) in [6.45, 7) is 4.22. The van der Waals surface area contributed by atoms with Crippen molar-refractivity contribution in [1.82, 2.24) is 4.90 Å². The molecule has 1 aliphatic rings. The summed E-state index contributed by atoms with van der Waals surface area (Å²) in [7, 11) is 1.53. The quantitative estimate of drug-likeness (QED) is 0.725. The Hall–Kier alpha value is -1.56. The van der Waals surface area contributed by atoms with Gasteiger partial charge in [-0.15, -0.1) is 0 Å². The maximum Gasteiger partial charge on any atom is 0.410 e. The number of nitrogens with zero attached hydrogens (tertiary/aromatic N) is 1. The summed E-state index contributed by atoms with van der Waals surface area (Å²) in [5.41, 5.74) is -0.802. The number of rotatable bonds is 5. The monoisotopic (exact) mass is 243 g/mol. The molecule has 0 bridgehead atoms. The fourth-order valence-corrected chi connectivity index (χ4v) is 1.82. The minimum Gasteiger partial charge on any atom is -0.481 e. The first-order valence-corrected chi connectivity index (χ1v) is 5.33. The smallest absolute Gasteiger partial charge is 0.410 e. The molecule has 1 amide bonds. The first-order chi connectivity index (χ1) is 8.02. The maximum atomic E-state index is 11.7. The fraction of sp³-hybridized carbons (Fsp3) is 0.636. The standard InChI is InChI=1S/C11H17NO5/c1-3-5-17-10(15)12(2)11(7-9(13)14)4-6-16-8-11/h3H,1,4-8H2,2H3,(H,13,14). The number of carbonyl (C=O) groups excluding carboxylic acids is 1. The summed E-state index contributed by atoms with van der Waals surface area (Å²) in [4.78, 5) is 23.9. The summed E-state index contributed by atoms with van der Waals surface area (Å²) >= 11 is 0. The Morgan fingerprint density at radius 3 is 2.82 bits per heavy atom. The number of hydrogen-bond acceptors (Lipinski definition) is 4. The Labute approximate surface area is 99.8 Å². The van der Waals surface area contributed by atoms with Crippen molar-refractivity contribution in [3.63, 3.8) is 0 Å². The van der Waals surface area contributed by atoms with Crippen molar-refractivity contribution in [3.8, 4) is 0 Å². The summed E-state index contributed by atoms with van der Waals surface area (Å²) in [6, 6.07) is 0. The van der Waals surface area contributed by atoms with Gasteiger partial charge in [-0.25, -0.2) is 4.79 Å². The first kappa shape index (κ1) is 13.5. The maximum absolute atomic E-state index is 11.7. The summed E-state index contributed by atoms with van der Waals surface area (Å²) in [5.74, 6) is -0.959. The van der Waals surface area contributed by atoms with Crippen molar-refractivity contribution in [1.29, 1.82) is 0 Å². The molecular weight excluding hydrogens is 226 g/mol. The van der Waals surface area contributed by atoms with Gasteiger partial charge in [0.05, 0.1) is 18.6 Å². The second kappa shape index (κ2) is 5.67. The molecule has 1 fully saturated rings. The minimum atomic E-state index is -0.959. The van der Waals surface area contributed by atoms with Gasteiger partial charge in [0.1, 0.15) is 6.61 Å². The number of carboxylic acids is 1. The van der Waals surface area contributed by atoms with E-state index in [-0.39, 0.29) is 19.6 Å². The highest BCUT2D eigenvalue weighted by atomic mass is 16.6. The van der Waals surface area contributed by atoms with Crippen LogP contribution in [0.3, 0.4) is 0 Å². The Morgan fingerprint density at radius 2 is 2.35 bits per heavy atom. The van der Waals surface area contributed by atoms with Crippen LogP contribution >= 0.6 is 0 Å². The van der Waals surface area contributed by atoms with E-state index in [4.69, 9.17) is 14.6 Å². The van der Waals surface area contributed by atoms with Crippen LogP contribution in [0.2, 0.25) is 0 Å². The van der Waals surface area contributed by atoms with Gasteiger partial charge in [-0.3, -0.25) is 4.79 Å². The van der Waals surface area contributed by atoms with Crippen molar-refractivity contribution < 1.29 is 24.2 Å². The lowest BCUT2D eigenvalue weighted by molar-refractivity contribution is -0.140. The molecule has 0 saturated carbocycles. The highest BCUT2D eigenvalue weighted by Gasteiger charge is 2.43. The van der Waals surface area contributed by atoms with Gasteiger partial charge in [-0.2, -0.15) is 0 Å². The van der Waals surface area contributed by atoms with Crippen molar-refractivity contribution in [2.75, 3.05) is 26.9 Å². The third kappa shape index (κ3) is 3.20. The van der Waals surface area contributed by atoms with Crippen LogP contribution in [-0.2, 0) is 14.3 Å². The Bertz CT molecular complexity index is 309. The van der Waals surface area contributed by atoms with Crippen LogP contribution in [-0.4, -0.2) is 54.5 Å². The molecule has 1 heterocycles. The molecule has 96 valence electrons. The lowest BCUT2D eigenvalue weighted by Crippen LogP contribution is -2.51. The zero-order valence-corrected chi connectivity index (χ0v) is 9.85. The largest absolute Gasteiger partial charge is 0.481 e. The molecule has 0 aliphatic carbocycles. The number of aliphatic carboxylic acids is 1. The molecule has 6 heteroatoms. The lowest BCUT2D eigenvalue weighted by atomic mass is 9.93. The van der Waals surface area contributed by atoms with Crippen LogP contribution in [0.15, 0.2) is 12.7 Å². The topological polar surface area (TPSA) is 76.1 Å². The van der Waals surface area contributed by atoms with Gasteiger partial charge in [-0.1, -0.05) is 12.7 Å². The lowest BCUT2D eigenvalue weighted by Gasteiger charge is -2.35. The molecule has 1 saturated heterocycles. The van der Waals surface area contributed by atoms with Crippen LogP contribution in [0, 0.1) is 0 Å². The number of ether oxygens (including phenoxy) is 2. The fourth-order valence-electron chi connectivity index (χ4n) is 1.82. The number of likely N-dealkylation sites (N-methyl/N-ethyl adjacent to an activating group) is 1. The van der Waals surface area contributed by atoms with Crippen LogP contribution in [0.5, 0.6) is 0 Å². The third-order valence-electron chi connectivity index (χ3n) is 2.87. The van der Waals surface area contributed by atoms with Gasteiger partial charge >= 0.3 is 12.1 Å². The molecule has 0 aromatic rings. The van der Waals surface area contributed by atoms with Gasteiger partial charge in [0, 0.05) is 13.7 Å². The van der Waals surface area contributed by atoms with E-state index in [1.54, 1.807) is 0 Å². The van der Waals surface area contributed by atoms with E-state index >= 15 is 0 Å². The van der Waals surface area contributed by atoms with Gasteiger partial charge in [0.15, 0.2) is 0 Å². The van der Waals surface area contributed by atoms with Gasteiger partial charge in [0.25, 0.3) is 0 Å². The second-order valence-corrected chi connectivity index (χ2v) is 4.02. The summed E-state index contributed by atoms with van der Waals surface area (Å²) in [6.07, 6.45) is 1.25. The minimum absolute atomic E-state index is 0.104. The van der Waals surface area contributed by atoms with E-state index in [1.807, 2.05) is 0 Å². The molecule has 0 radical (unpaired) electrons. The number of carboxylic acid groups (broad SMARTS) is 1. The zero-order valence-electron chi connectivity index (χ0n) is 9.85. The van der Waals surface area contributed by atoms with E-state index < -0.39 is 17.6 Å².